The monoisotopic (exact) mass is 712 g/mol. The minimum Gasteiger partial charge on any atom is -0.427 e. The predicted molar refractivity (Wildman–Crippen MR) is 204 cm³/mol. The Morgan fingerprint density at radius 1 is 0.593 bits per heavy atom. The Bertz CT molecular complexity index is 2130. The van der Waals surface area contributed by atoms with Crippen LogP contribution in [-0.4, -0.2) is 21.7 Å². The molecule has 0 aliphatic heterocycles. The van der Waals surface area contributed by atoms with Crippen molar-refractivity contribution in [2.45, 2.75) is 39.0 Å². The molecular weight excluding hydrogens is 677 g/mol. The Morgan fingerprint density at radius 3 is 1.57 bits per heavy atom. The second kappa shape index (κ2) is 21.5. The fraction of sp³-hybridized carbons (Fsp3) is 0.136. The lowest BCUT2D eigenvalue weighted by molar-refractivity contribution is -0.140. The summed E-state index contributed by atoms with van der Waals surface area (Å²) in [5.74, 6) is -0.496. The van der Waals surface area contributed by atoms with Crippen LogP contribution in [0.5, 0.6) is 11.5 Å². The van der Waals surface area contributed by atoms with Gasteiger partial charge in [0.2, 0.25) is 0 Å². The maximum absolute atomic E-state index is 12.7. The predicted octanol–water partition coefficient (Wildman–Crippen LogP) is 8.66. The van der Waals surface area contributed by atoms with E-state index in [1.807, 2.05) is 113 Å². The van der Waals surface area contributed by atoms with Crippen LogP contribution in [-0.2, 0) is 35.8 Å². The molecule has 0 spiro atoms. The zero-order chi connectivity index (χ0) is 38.4. The maximum Gasteiger partial charge on any atom is 0.519 e. The first kappa shape index (κ1) is 39.1. The molecule has 10 nitrogen and oxygen atoms in total. The standard InChI is InChI=1S/C44H36N6O4/c1-47-42(48-2)19-11-27-50(32-36-14-7-4-8-15-36)34-38-16-9-18-41(28-38)54-44(52)25-24-43(51)53-40-22-20-37(21-23-40)33-49(26-10-17-39(29-45)30-46)31-35-12-5-3-6-13-35/h3-23,26-28H,24-25,31-34H2. The molecule has 4 aromatic carbocycles. The summed E-state index contributed by atoms with van der Waals surface area (Å²) in [5.41, 5.74) is 3.97. The number of nitrogens with zero attached hydrogens (tertiary/aromatic N) is 6. The summed E-state index contributed by atoms with van der Waals surface area (Å²) in [6.07, 6.45) is 9.54. The molecule has 0 heterocycles. The summed E-state index contributed by atoms with van der Waals surface area (Å²) >= 11 is 0. The number of hydrogen-bond acceptors (Lipinski definition) is 8. The molecule has 0 bridgehead atoms. The lowest BCUT2D eigenvalue weighted by atomic mass is 10.1. The van der Waals surface area contributed by atoms with Crippen LogP contribution in [0.3, 0.4) is 0 Å². The Morgan fingerprint density at radius 2 is 1.06 bits per heavy atom. The number of esters is 2. The molecule has 10 heteroatoms. The first-order chi connectivity index (χ1) is 26.4. The lowest BCUT2D eigenvalue weighted by Gasteiger charge is -2.21. The SMILES string of the molecule is [C-]#[N+]C(=CC=CN(Cc1ccccc1)Cc1cccc(OC(=O)CCC(=O)Oc2ccc(CN(C=CC=C(C#N)C#N)Cc3ccccc3)cc2)c1)[N+]#[C-]. The van der Waals surface area contributed by atoms with Gasteiger partial charge in [0.1, 0.15) is 42.4 Å². The molecular formula is C44H36N6O4. The molecule has 0 saturated carbocycles. The molecule has 0 aliphatic rings. The molecule has 0 radical (unpaired) electrons. The van der Waals surface area contributed by atoms with Crippen molar-refractivity contribution in [2.75, 3.05) is 0 Å². The fourth-order valence-corrected chi connectivity index (χ4v) is 5.08. The van der Waals surface area contributed by atoms with E-state index in [-0.39, 0.29) is 24.2 Å². The second-order valence-electron chi connectivity index (χ2n) is 11.8. The van der Waals surface area contributed by atoms with Crippen LogP contribution in [0.15, 0.2) is 157 Å². The van der Waals surface area contributed by atoms with Crippen LogP contribution in [0.25, 0.3) is 9.69 Å². The molecule has 0 atom stereocenters. The minimum absolute atomic E-state index is 0.00675. The average molecular weight is 713 g/mol. The van der Waals surface area contributed by atoms with E-state index < -0.39 is 11.9 Å². The normalized spacial score (nSPS) is 10.2. The number of ether oxygens (including phenoxy) is 2. The van der Waals surface area contributed by atoms with E-state index in [9.17, 15) is 9.59 Å². The van der Waals surface area contributed by atoms with Crippen molar-refractivity contribution in [2.24, 2.45) is 0 Å². The van der Waals surface area contributed by atoms with Crippen LogP contribution in [0, 0.1) is 35.8 Å². The second-order valence-corrected chi connectivity index (χ2v) is 11.8. The van der Waals surface area contributed by atoms with Crippen LogP contribution in [0.1, 0.15) is 35.1 Å². The molecule has 0 unspecified atom stereocenters. The zero-order valence-corrected chi connectivity index (χ0v) is 29.4. The number of allylic oxidation sites excluding steroid dienone is 5. The molecule has 0 aromatic heterocycles. The number of carbonyl (C=O) groups excluding carboxylic acids is 2. The van der Waals surface area contributed by atoms with Crippen molar-refractivity contribution in [3.05, 3.63) is 202 Å². The third kappa shape index (κ3) is 13.9. The molecule has 266 valence electrons. The van der Waals surface area contributed by atoms with Gasteiger partial charge in [0.25, 0.3) is 0 Å². The number of nitriles is 2. The summed E-state index contributed by atoms with van der Waals surface area (Å²) in [5, 5.41) is 18.0. The highest BCUT2D eigenvalue weighted by atomic mass is 16.5. The quantitative estimate of drug-likeness (QED) is 0.0351. The van der Waals surface area contributed by atoms with E-state index in [4.69, 9.17) is 33.1 Å². The highest BCUT2D eigenvalue weighted by Gasteiger charge is 2.13. The molecule has 0 amide bonds. The van der Waals surface area contributed by atoms with E-state index in [0.717, 1.165) is 22.3 Å². The zero-order valence-electron chi connectivity index (χ0n) is 29.4. The van der Waals surface area contributed by atoms with E-state index in [2.05, 4.69) is 9.69 Å². The highest BCUT2D eigenvalue weighted by Crippen LogP contribution is 2.19. The molecule has 0 N–H and O–H groups in total. The average Bonchev–Trinajstić information content (AvgIpc) is 3.19. The van der Waals surface area contributed by atoms with Crippen molar-refractivity contribution in [1.82, 2.24) is 9.80 Å². The largest absolute Gasteiger partial charge is 0.519 e. The molecule has 54 heavy (non-hydrogen) atoms. The Labute approximate surface area is 315 Å². The number of benzene rings is 4. The van der Waals surface area contributed by atoms with Crippen LogP contribution < -0.4 is 9.47 Å². The summed E-state index contributed by atoms with van der Waals surface area (Å²) in [4.78, 5) is 35.7. The topological polar surface area (TPSA) is 115 Å². The van der Waals surface area contributed by atoms with Crippen molar-refractivity contribution >= 4 is 11.9 Å². The lowest BCUT2D eigenvalue weighted by Crippen LogP contribution is -2.17. The van der Waals surface area contributed by atoms with Gasteiger partial charge in [0.15, 0.2) is 0 Å². The summed E-state index contributed by atoms with van der Waals surface area (Å²) < 4.78 is 11.0. The van der Waals surface area contributed by atoms with Crippen LogP contribution >= 0.6 is 0 Å². The van der Waals surface area contributed by atoms with Crippen molar-refractivity contribution in [3.8, 4) is 23.6 Å². The van der Waals surface area contributed by atoms with Crippen LogP contribution in [0.4, 0.5) is 0 Å². The first-order valence-electron chi connectivity index (χ1n) is 16.8. The van der Waals surface area contributed by atoms with Gasteiger partial charge in [0.05, 0.1) is 12.8 Å². The molecule has 0 saturated heterocycles. The number of rotatable bonds is 17. The fourth-order valence-electron chi connectivity index (χ4n) is 5.08. The van der Waals surface area contributed by atoms with Crippen LogP contribution in [0.2, 0.25) is 0 Å². The third-order valence-corrected chi connectivity index (χ3v) is 7.62. The van der Waals surface area contributed by atoms with Gasteiger partial charge in [0, 0.05) is 32.3 Å². The summed E-state index contributed by atoms with van der Waals surface area (Å²) in [7, 11) is 0. The van der Waals surface area contributed by atoms with E-state index in [0.29, 0.717) is 37.7 Å². The maximum atomic E-state index is 12.7. The smallest absolute Gasteiger partial charge is 0.427 e. The van der Waals surface area contributed by atoms with Gasteiger partial charge in [-0.3, -0.25) is 9.59 Å². The van der Waals surface area contributed by atoms with E-state index in [1.165, 1.54) is 12.2 Å². The molecule has 4 aromatic rings. The minimum atomic E-state index is -0.575. The number of hydrogen-bond donors (Lipinski definition) is 0. The van der Waals surface area contributed by atoms with Gasteiger partial charge in [-0.1, -0.05) is 84.9 Å². The Hall–Kier alpha value is -7.66. The summed E-state index contributed by atoms with van der Waals surface area (Å²) in [6.45, 7) is 16.3. The van der Waals surface area contributed by atoms with E-state index in [1.54, 1.807) is 42.5 Å². The summed E-state index contributed by atoms with van der Waals surface area (Å²) in [6, 6.07) is 37.6. The Balaban J connectivity index is 1.30. The Kier molecular flexibility index (Phi) is 15.6. The molecule has 4 rings (SSSR count). The molecule has 0 fully saturated rings. The van der Waals surface area contributed by atoms with Crippen molar-refractivity contribution < 1.29 is 19.1 Å². The van der Waals surface area contributed by atoms with Gasteiger partial charge in [-0.25, -0.2) is 0 Å². The first-order valence-corrected chi connectivity index (χ1v) is 16.8. The highest BCUT2D eigenvalue weighted by molar-refractivity contribution is 5.80. The van der Waals surface area contributed by atoms with Gasteiger partial charge < -0.3 is 19.3 Å². The van der Waals surface area contributed by atoms with Gasteiger partial charge >= 0.3 is 17.8 Å². The van der Waals surface area contributed by atoms with Crippen molar-refractivity contribution in [3.63, 3.8) is 0 Å². The van der Waals surface area contributed by atoms with Crippen molar-refractivity contribution in [1.29, 1.82) is 10.5 Å². The van der Waals surface area contributed by atoms with Gasteiger partial charge in [-0.15, -0.1) is 0 Å². The van der Waals surface area contributed by atoms with Gasteiger partial charge in [-0.05, 0) is 77.1 Å². The number of carbonyl (C=O) groups is 2. The molecule has 0 aliphatic carbocycles. The third-order valence-electron chi connectivity index (χ3n) is 7.62. The van der Waals surface area contributed by atoms with Gasteiger partial charge in [-0.2, -0.15) is 20.2 Å². The van der Waals surface area contributed by atoms with E-state index >= 15 is 0 Å².